The molecule has 2 aromatic rings. The molecule has 0 heterocycles. The number of esters is 1. The summed E-state index contributed by atoms with van der Waals surface area (Å²) in [6.45, 7) is 11.3. The number of aliphatic hydroxyl groups excluding tert-OH is 1. The minimum Gasteiger partial charge on any atom is -0.466 e. The Hall–Kier alpha value is -3.25. The van der Waals surface area contributed by atoms with Crippen LogP contribution in [0.25, 0.3) is 11.1 Å². The molecule has 2 N–H and O–H groups in total. The summed E-state index contributed by atoms with van der Waals surface area (Å²) in [6, 6.07) is 8.65. The van der Waals surface area contributed by atoms with Crippen LogP contribution < -0.4 is 5.32 Å². The fourth-order valence-electron chi connectivity index (χ4n) is 4.87. The van der Waals surface area contributed by atoms with Crippen molar-refractivity contribution in [1.29, 1.82) is 0 Å². The number of halogens is 1. The molecule has 0 saturated heterocycles. The van der Waals surface area contributed by atoms with Gasteiger partial charge in [-0.3, -0.25) is 9.59 Å². The number of aryl methyl sites for hydroxylation is 2. The van der Waals surface area contributed by atoms with Gasteiger partial charge in [0.15, 0.2) is 0 Å². The SMILES string of the molecule is C=CCCCCc1cc(F)cc(C)c1-c1cc(C2CC2)cc([C@H](CC(=O)OCC)NC(=O)[C@H](O)CC=C)c1. The minimum absolute atomic E-state index is 0.0647. The molecule has 3 rings (SSSR count). The van der Waals surface area contributed by atoms with E-state index in [-0.39, 0.29) is 25.3 Å². The van der Waals surface area contributed by atoms with Gasteiger partial charge in [-0.25, -0.2) is 4.39 Å². The van der Waals surface area contributed by atoms with Gasteiger partial charge in [-0.15, -0.1) is 13.2 Å². The fourth-order valence-corrected chi connectivity index (χ4v) is 4.87. The first-order valence-corrected chi connectivity index (χ1v) is 13.6. The van der Waals surface area contributed by atoms with E-state index in [9.17, 15) is 19.1 Å². The lowest BCUT2D eigenvalue weighted by Gasteiger charge is -2.23. The standard InChI is InChI=1S/C32H40FNO4/c1-5-8-9-10-12-23-19-27(33)15-21(4)31(23)26-17-24(22-13-14-22)16-25(18-26)28(20-30(36)38-7-3)34-32(37)29(35)11-6-2/h5-6,15-19,22,28-29,35H,1-2,7-14,20H2,3-4H3,(H,34,37)/t28-,29+/m0/s1. The predicted molar refractivity (Wildman–Crippen MR) is 149 cm³/mol. The number of carbonyl (C=O) groups is 2. The maximum Gasteiger partial charge on any atom is 0.308 e. The molecule has 1 aliphatic rings. The first-order chi connectivity index (χ1) is 18.3. The molecule has 2 atom stereocenters. The summed E-state index contributed by atoms with van der Waals surface area (Å²) in [7, 11) is 0. The topological polar surface area (TPSA) is 75.6 Å². The van der Waals surface area contributed by atoms with Gasteiger partial charge in [-0.1, -0.05) is 24.3 Å². The highest BCUT2D eigenvalue weighted by Crippen LogP contribution is 2.43. The van der Waals surface area contributed by atoms with Gasteiger partial charge in [0, 0.05) is 6.42 Å². The Morgan fingerprint density at radius 3 is 2.58 bits per heavy atom. The maximum atomic E-state index is 14.5. The number of carbonyl (C=O) groups excluding carboxylic acids is 2. The number of ether oxygens (including phenoxy) is 1. The lowest BCUT2D eigenvalue weighted by atomic mass is 9.88. The number of rotatable bonds is 15. The second-order valence-corrected chi connectivity index (χ2v) is 10.1. The molecule has 204 valence electrons. The van der Waals surface area contributed by atoms with Crippen molar-refractivity contribution in [1.82, 2.24) is 5.32 Å². The van der Waals surface area contributed by atoms with Gasteiger partial charge in [0.2, 0.25) is 5.91 Å². The predicted octanol–water partition coefficient (Wildman–Crippen LogP) is 6.62. The van der Waals surface area contributed by atoms with E-state index in [1.54, 1.807) is 19.1 Å². The summed E-state index contributed by atoms with van der Waals surface area (Å²) in [5.41, 5.74) is 5.61. The van der Waals surface area contributed by atoms with Crippen LogP contribution in [0.2, 0.25) is 0 Å². The third-order valence-corrected chi connectivity index (χ3v) is 6.89. The van der Waals surface area contributed by atoms with E-state index in [0.717, 1.165) is 71.9 Å². The average Bonchev–Trinajstić information content (AvgIpc) is 3.71. The molecule has 5 nitrogen and oxygen atoms in total. The minimum atomic E-state index is -1.26. The molecule has 2 aromatic carbocycles. The number of allylic oxidation sites excluding steroid dienone is 1. The molecule has 6 heteroatoms. The van der Waals surface area contributed by atoms with Crippen molar-refractivity contribution >= 4 is 11.9 Å². The number of hydrogen-bond acceptors (Lipinski definition) is 4. The number of aliphatic hydroxyl groups is 1. The molecule has 0 bridgehead atoms. The van der Waals surface area contributed by atoms with Crippen LogP contribution in [-0.2, 0) is 20.7 Å². The van der Waals surface area contributed by atoms with Crippen molar-refractivity contribution in [2.24, 2.45) is 0 Å². The van der Waals surface area contributed by atoms with Gasteiger partial charge in [0.05, 0.1) is 19.1 Å². The van der Waals surface area contributed by atoms with Gasteiger partial charge in [0.1, 0.15) is 11.9 Å². The summed E-state index contributed by atoms with van der Waals surface area (Å²) < 4.78 is 19.7. The molecule has 1 fully saturated rings. The van der Waals surface area contributed by atoms with Crippen molar-refractivity contribution in [2.75, 3.05) is 6.61 Å². The lowest BCUT2D eigenvalue weighted by Crippen LogP contribution is -2.38. The molecular formula is C32H40FNO4. The van der Waals surface area contributed by atoms with Crippen LogP contribution in [0, 0.1) is 12.7 Å². The molecule has 0 unspecified atom stereocenters. The summed E-state index contributed by atoms with van der Waals surface area (Å²) in [6.07, 6.45) is 7.85. The third-order valence-electron chi connectivity index (χ3n) is 6.89. The Morgan fingerprint density at radius 2 is 1.92 bits per heavy atom. The molecule has 0 aromatic heterocycles. The van der Waals surface area contributed by atoms with Gasteiger partial charge in [-0.2, -0.15) is 0 Å². The van der Waals surface area contributed by atoms with Gasteiger partial charge >= 0.3 is 5.97 Å². The maximum absolute atomic E-state index is 14.5. The Balaban J connectivity index is 2.06. The van der Waals surface area contributed by atoms with Crippen molar-refractivity contribution < 1.29 is 23.8 Å². The van der Waals surface area contributed by atoms with Crippen LogP contribution in [-0.4, -0.2) is 29.7 Å². The number of amides is 1. The molecule has 0 spiro atoms. The lowest BCUT2D eigenvalue weighted by molar-refractivity contribution is -0.144. The van der Waals surface area contributed by atoms with Crippen molar-refractivity contribution in [3.63, 3.8) is 0 Å². The largest absolute Gasteiger partial charge is 0.466 e. The normalized spacial score (nSPS) is 14.4. The second kappa shape index (κ2) is 14.1. The zero-order valence-corrected chi connectivity index (χ0v) is 22.6. The van der Waals surface area contributed by atoms with Crippen LogP contribution >= 0.6 is 0 Å². The first-order valence-electron chi connectivity index (χ1n) is 13.6. The Kier molecular flexibility index (Phi) is 10.8. The number of nitrogens with one attached hydrogen (secondary N) is 1. The van der Waals surface area contributed by atoms with Gasteiger partial charge < -0.3 is 15.2 Å². The first kappa shape index (κ1) is 29.3. The Morgan fingerprint density at radius 1 is 1.16 bits per heavy atom. The molecule has 1 amide bonds. The highest BCUT2D eigenvalue weighted by atomic mass is 19.1. The van der Waals surface area contributed by atoms with Crippen LogP contribution in [0.5, 0.6) is 0 Å². The molecule has 0 aliphatic heterocycles. The highest BCUT2D eigenvalue weighted by molar-refractivity contribution is 5.82. The van der Waals surface area contributed by atoms with Crippen molar-refractivity contribution in [3.05, 3.63) is 83.7 Å². The van der Waals surface area contributed by atoms with Crippen LogP contribution in [0.3, 0.4) is 0 Å². The molecule has 0 radical (unpaired) electrons. The Bertz CT molecular complexity index is 1150. The van der Waals surface area contributed by atoms with Crippen LogP contribution in [0.1, 0.15) is 86.1 Å². The highest BCUT2D eigenvalue weighted by Gasteiger charge is 2.28. The van der Waals surface area contributed by atoms with E-state index < -0.39 is 24.0 Å². The van der Waals surface area contributed by atoms with E-state index >= 15 is 0 Å². The zero-order valence-electron chi connectivity index (χ0n) is 22.6. The average molecular weight is 522 g/mol. The number of unbranched alkanes of at least 4 members (excludes halogenated alkanes) is 2. The van der Waals surface area contributed by atoms with Crippen LogP contribution in [0.4, 0.5) is 4.39 Å². The number of benzene rings is 2. The zero-order chi connectivity index (χ0) is 27.7. The van der Waals surface area contributed by atoms with Gasteiger partial charge in [0.25, 0.3) is 0 Å². The molecule has 1 aliphatic carbocycles. The summed E-state index contributed by atoms with van der Waals surface area (Å²) >= 11 is 0. The Labute approximate surface area is 225 Å². The molecule has 38 heavy (non-hydrogen) atoms. The van der Waals surface area contributed by atoms with Crippen molar-refractivity contribution in [2.45, 2.75) is 83.3 Å². The van der Waals surface area contributed by atoms with E-state index in [0.29, 0.717) is 5.92 Å². The summed E-state index contributed by atoms with van der Waals surface area (Å²) in [4.78, 5) is 25.3. The van der Waals surface area contributed by atoms with E-state index in [1.165, 1.54) is 6.08 Å². The quantitative estimate of drug-likeness (QED) is 0.157. The summed E-state index contributed by atoms with van der Waals surface area (Å²) in [5.74, 6) is -0.850. The second-order valence-electron chi connectivity index (χ2n) is 10.1. The monoisotopic (exact) mass is 521 g/mol. The van der Waals surface area contributed by atoms with Crippen LogP contribution in [0.15, 0.2) is 55.6 Å². The molecular weight excluding hydrogens is 481 g/mol. The molecule has 1 saturated carbocycles. The van der Waals surface area contributed by atoms with Gasteiger partial charge in [-0.05, 0) is 110 Å². The number of hydrogen-bond donors (Lipinski definition) is 2. The van der Waals surface area contributed by atoms with E-state index in [1.807, 2.05) is 25.1 Å². The summed E-state index contributed by atoms with van der Waals surface area (Å²) in [5, 5.41) is 13.1. The van der Waals surface area contributed by atoms with E-state index in [4.69, 9.17) is 4.74 Å². The fraction of sp³-hybridized carbons (Fsp3) is 0.438. The smallest absolute Gasteiger partial charge is 0.308 e. The van der Waals surface area contributed by atoms with Crippen molar-refractivity contribution in [3.8, 4) is 11.1 Å². The third kappa shape index (κ3) is 8.12. The van der Waals surface area contributed by atoms with E-state index in [2.05, 4.69) is 24.5 Å².